The Morgan fingerprint density at radius 1 is 1.12 bits per heavy atom. The quantitative estimate of drug-likeness (QED) is 0.773. The molecule has 96 valence electrons. The third kappa shape index (κ3) is 2.86. The highest BCUT2D eigenvalue weighted by Crippen LogP contribution is 2.23. The van der Waals surface area contributed by atoms with Gasteiger partial charge in [-0.1, -0.05) is 12.8 Å². The molecular formula is C11H18N2O3S. The van der Waals surface area contributed by atoms with Crippen molar-refractivity contribution in [1.29, 1.82) is 0 Å². The van der Waals surface area contributed by atoms with Crippen molar-refractivity contribution in [3.8, 4) is 0 Å². The first-order valence-corrected chi connectivity index (χ1v) is 7.21. The minimum atomic E-state index is -0.891. The van der Waals surface area contributed by atoms with Crippen LogP contribution in [0.4, 0.5) is 4.79 Å². The molecule has 0 radical (unpaired) electrons. The predicted octanol–water partition coefficient (Wildman–Crippen LogP) is 1.44. The Labute approximate surface area is 105 Å². The van der Waals surface area contributed by atoms with Crippen molar-refractivity contribution in [2.45, 2.75) is 31.7 Å². The van der Waals surface area contributed by atoms with Crippen LogP contribution in [0.3, 0.4) is 0 Å². The number of carboxylic acids is 1. The second-order valence-corrected chi connectivity index (χ2v) is 5.51. The van der Waals surface area contributed by atoms with Crippen LogP contribution in [-0.4, -0.2) is 57.7 Å². The Hall–Kier alpha value is -0.910. The van der Waals surface area contributed by atoms with Gasteiger partial charge in [0.25, 0.3) is 0 Å². The first-order valence-electron chi connectivity index (χ1n) is 6.06. The molecule has 0 aliphatic carbocycles. The van der Waals surface area contributed by atoms with Crippen LogP contribution in [0.25, 0.3) is 0 Å². The van der Waals surface area contributed by atoms with Crippen LogP contribution in [-0.2, 0) is 4.79 Å². The first-order chi connectivity index (χ1) is 8.20. The van der Waals surface area contributed by atoms with Gasteiger partial charge in [-0.25, -0.2) is 9.59 Å². The van der Waals surface area contributed by atoms with Gasteiger partial charge in [0, 0.05) is 18.8 Å². The molecule has 0 bridgehead atoms. The van der Waals surface area contributed by atoms with Gasteiger partial charge in [-0.05, 0) is 12.8 Å². The maximum atomic E-state index is 12.2. The van der Waals surface area contributed by atoms with E-state index in [1.165, 1.54) is 29.5 Å². The van der Waals surface area contributed by atoms with Crippen molar-refractivity contribution >= 4 is 23.8 Å². The topological polar surface area (TPSA) is 60.9 Å². The largest absolute Gasteiger partial charge is 0.480 e. The zero-order valence-corrected chi connectivity index (χ0v) is 10.6. The maximum absolute atomic E-state index is 12.2. The smallest absolute Gasteiger partial charge is 0.327 e. The van der Waals surface area contributed by atoms with Gasteiger partial charge in [-0.3, -0.25) is 0 Å². The highest BCUT2D eigenvalue weighted by Gasteiger charge is 2.36. The lowest BCUT2D eigenvalue weighted by atomic mass is 10.2. The van der Waals surface area contributed by atoms with Gasteiger partial charge >= 0.3 is 12.0 Å². The van der Waals surface area contributed by atoms with E-state index in [4.69, 9.17) is 5.11 Å². The monoisotopic (exact) mass is 258 g/mol. The molecule has 2 heterocycles. The highest BCUT2D eigenvalue weighted by atomic mass is 32.2. The van der Waals surface area contributed by atoms with Crippen LogP contribution >= 0.6 is 11.8 Å². The van der Waals surface area contributed by atoms with E-state index in [1.807, 2.05) is 4.90 Å². The van der Waals surface area contributed by atoms with Gasteiger partial charge in [0.1, 0.15) is 6.04 Å². The molecule has 1 N–H and O–H groups in total. The molecule has 0 saturated carbocycles. The summed E-state index contributed by atoms with van der Waals surface area (Å²) in [6.07, 6.45) is 4.40. The summed E-state index contributed by atoms with van der Waals surface area (Å²) >= 11 is 1.51. The van der Waals surface area contributed by atoms with E-state index >= 15 is 0 Å². The predicted molar refractivity (Wildman–Crippen MR) is 66.0 cm³/mol. The van der Waals surface area contributed by atoms with Gasteiger partial charge in [-0.15, -0.1) is 11.8 Å². The average molecular weight is 258 g/mol. The molecule has 2 saturated heterocycles. The molecule has 2 aliphatic rings. The minimum absolute atomic E-state index is 0.0932. The fourth-order valence-corrected chi connectivity index (χ4v) is 3.42. The fourth-order valence-electron chi connectivity index (χ4n) is 2.28. The second kappa shape index (κ2) is 5.62. The molecule has 5 nitrogen and oxygen atoms in total. The number of nitrogens with zero attached hydrogens (tertiary/aromatic N) is 2. The summed E-state index contributed by atoms with van der Waals surface area (Å²) in [7, 11) is 0. The van der Waals surface area contributed by atoms with Crippen LogP contribution in [0.15, 0.2) is 0 Å². The standard InChI is InChI=1S/C11H18N2O3S/c14-10(15)9-7-17-8-13(9)11(16)12-5-3-1-2-4-6-12/h9H,1-8H2,(H,14,15). The number of hydrogen-bond donors (Lipinski definition) is 1. The number of amides is 2. The molecule has 17 heavy (non-hydrogen) atoms. The van der Waals surface area contributed by atoms with Crippen LogP contribution in [0.2, 0.25) is 0 Å². The van der Waals surface area contributed by atoms with Gasteiger partial charge in [-0.2, -0.15) is 0 Å². The summed E-state index contributed by atoms with van der Waals surface area (Å²) in [5, 5.41) is 9.06. The molecule has 1 unspecified atom stereocenters. The van der Waals surface area contributed by atoms with Gasteiger partial charge < -0.3 is 14.9 Å². The van der Waals surface area contributed by atoms with Crippen LogP contribution in [0.5, 0.6) is 0 Å². The van der Waals surface area contributed by atoms with Gasteiger partial charge in [0.15, 0.2) is 0 Å². The number of urea groups is 1. The molecular weight excluding hydrogens is 240 g/mol. The van der Waals surface area contributed by atoms with E-state index in [-0.39, 0.29) is 6.03 Å². The SMILES string of the molecule is O=C(O)C1CSCN1C(=O)N1CCCCCC1. The Morgan fingerprint density at radius 2 is 1.76 bits per heavy atom. The molecule has 2 fully saturated rings. The zero-order chi connectivity index (χ0) is 12.3. The molecule has 0 spiro atoms. The molecule has 0 aromatic carbocycles. The number of hydrogen-bond acceptors (Lipinski definition) is 3. The van der Waals surface area contributed by atoms with E-state index in [2.05, 4.69) is 0 Å². The third-order valence-corrected chi connectivity index (χ3v) is 4.30. The number of likely N-dealkylation sites (tertiary alicyclic amines) is 1. The van der Waals surface area contributed by atoms with Crippen molar-refractivity contribution in [1.82, 2.24) is 9.80 Å². The number of carbonyl (C=O) groups is 2. The molecule has 6 heteroatoms. The molecule has 1 atom stereocenters. The van der Waals surface area contributed by atoms with Gasteiger partial charge in [0.2, 0.25) is 0 Å². The van der Waals surface area contributed by atoms with Crippen molar-refractivity contribution in [2.24, 2.45) is 0 Å². The Bertz CT molecular complexity index is 303. The summed E-state index contributed by atoms with van der Waals surface area (Å²) in [6.45, 7) is 1.54. The van der Waals surface area contributed by atoms with Gasteiger partial charge in [0.05, 0.1) is 5.88 Å². The summed E-state index contributed by atoms with van der Waals surface area (Å²) < 4.78 is 0. The lowest BCUT2D eigenvalue weighted by molar-refractivity contribution is -0.140. The minimum Gasteiger partial charge on any atom is -0.480 e. The summed E-state index contributed by atoms with van der Waals surface area (Å²) in [4.78, 5) is 26.6. The fraction of sp³-hybridized carbons (Fsp3) is 0.818. The summed E-state index contributed by atoms with van der Waals surface area (Å²) in [5.74, 6) is 0.125. The lowest BCUT2D eigenvalue weighted by Gasteiger charge is -2.28. The molecule has 0 aromatic rings. The van der Waals surface area contributed by atoms with Crippen molar-refractivity contribution in [2.75, 3.05) is 24.7 Å². The van der Waals surface area contributed by atoms with E-state index in [0.717, 1.165) is 25.9 Å². The van der Waals surface area contributed by atoms with Crippen LogP contribution in [0, 0.1) is 0 Å². The number of thioether (sulfide) groups is 1. The number of aliphatic carboxylic acids is 1. The molecule has 0 aromatic heterocycles. The van der Waals surface area contributed by atoms with Crippen molar-refractivity contribution in [3.63, 3.8) is 0 Å². The number of carboxylic acid groups (broad SMARTS) is 1. The second-order valence-electron chi connectivity index (χ2n) is 4.51. The Morgan fingerprint density at radius 3 is 2.35 bits per heavy atom. The zero-order valence-electron chi connectivity index (χ0n) is 9.80. The van der Waals surface area contributed by atoms with Crippen molar-refractivity contribution in [3.05, 3.63) is 0 Å². The lowest BCUT2D eigenvalue weighted by Crippen LogP contribution is -2.49. The third-order valence-electron chi connectivity index (χ3n) is 3.29. The van der Waals surface area contributed by atoms with E-state index in [0.29, 0.717) is 11.6 Å². The molecule has 2 amide bonds. The number of rotatable bonds is 1. The normalized spacial score (nSPS) is 25.8. The molecule has 2 rings (SSSR count). The van der Waals surface area contributed by atoms with Crippen LogP contribution < -0.4 is 0 Å². The molecule has 2 aliphatic heterocycles. The highest BCUT2D eigenvalue weighted by molar-refractivity contribution is 7.99. The van der Waals surface area contributed by atoms with Crippen LogP contribution in [0.1, 0.15) is 25.7 Å². The first kappa shape index (κ1) is 12.5. The Kier molecular flexibility index (Phi) is 4.15. The van der Waals surface area contributed by atoms with E-state index in [9.17, 15) is 9.59 Å². The van der Waals surface area contributed by atoms with E-state index in [1.54, 1.807) is 0 Å². The Balaban J connectivity index is 2.00. The van der Waals surface area contributed by atoms with E-state index < -0.39 is 12.0 Å². The van der Waals surface area contributed by atoms with Crippen molar-refractivity contribution < 1.29 is 14.7 Å². The summed E-state index contributed by atoms with van der Waals surface area (Å²) in [5.41, 5.74) is 0. The maximum Gasteiger partial charge on any atom is 0.327 e. The summed E-state index contributed by atoms with van der Waals surface area (Å²) in [6, 6.07) is -0.736. The average Bonchev–Trinajstić information content (AvgIpc) is 2.64. The number of carbonyl (C=O) groups excluding carboxylic acids is 1.